The number of piperazine rings is 1. The minimum atomic E-state index is -0.698. The SMILES string of the molecule is Cl.Cn1ccnc1C1CNCCN1C(=O)c1csc(-c2c(F)cccc2F)n1. The van der Waals surface area contributed by atoms with E-state index in [1.807, 2.05) is 17.8 Å². The average molecular weight is 426 g/mol. The van der Waals surface area contributed by atoms with Crippen LogP contribution in [0.3, 0.4) is 0 Å². The number of thiazole rings is 1. The number of hydrogen-bond donors (Lipinski definition) is 1. The third kappa shape index (κ3) is 3.65. The summed E-state index contributed by atoms with van der Waals surface area (Å²) in [7, 11) is 1.88. The van der Waals surface area contributed by atoms with Crippen molar-refractivity contribution in [3.63, 3.8) is 0 Å². The summed E-state index contributed by atoms with van der Waals surface area (Å²) < 4.78 is 29.9. The van der Waals surface area contributed by atoms with Crippen molar-refractivity contribution in [3.8, 4) is 10.6 Å². The first-order valence-corrected chi connectivity index (χ1v) is 9.33. The van der Waals surface area contributed by atoms with Gasteiger partial charge >= 0.3 is 0 Å². The molecule has 1 saturated heterocycles. The number of aryl methyl sites for hydroxylation is 1. The van der Waals surface area contributed by atoms with Gasteiger partial charge in [-0.25, -0.2) is 18.7 Å². The molecule has 1 unspecified atom stereocenters. The lowest BCUT2D eigenvalue weighted by molar-refractivity contribution is 0.0615. The topological polar surface area (TPSA) is 63.1 Å². The predicted octanol–water partition coefficient (Wildman–Crippen LogP) is 3.03. The molecule has 1 atom stereocenters. The van der Waals surface area contributed by atoms with E-state index in [1.54, 1.807) is 16.5 Å². The van der Waals surface area contributed by atoms with E-state index in [-0.39, 0.29) is 40.6 Å². The van der Waals surface area contributed by atoms with Crippen LogP contribution in [0.4, 0.5) is 8.78 Å². The fourth-order valence-electron chi connectivity index (χ4n) is 3.21. The molecule has 10 heteroatoms. The summed E-state index contributed by atoms with van der Waals surface area (Å²) in [5, 5.41) is 4.96. The normalized spacial score (nSPS) is 16.7. The van der Waals surface area contributed by atoms with Crippen molar-refractivity contribution in [1.29, 1.82) is 0 Å². The largest absolute Gasteiger partial charge is 0.336 e. The third-order valence-electron chi connectivity index (χ3n) is 4.56. The number of imidazole rings is 1. The molecule has 0 radical (unpaired) electrons. The average Bonchev–Trinajstić information content (AvgIpc) is 3.30. The number of aromatic nitrogens is 3. The number of nitrogens with zero attached hydrogens (tertiary/aromatic N) is 4. The van der Waals surface area contributed by atoms with Gasteiger partial charge in [0, 0.05) is 44.5 Å². The first kappa shape index (κ1) is 20.4. The van der Waals surface area contributed by atoms with E-state index in [1.165, 1.54) is 18.2 Å². The lowest BCUT2D eigenvalue weighted by atomic mass is 10.1. The van der Waals surface area contributed by atoms with E-state index in [9.17, 15) is 13.6 Å². The number of halogens is 3. The zero-order chi connectivity index (χ0) is 19.0. The van der Waals surface area contributed by atoms with Crippen molar-refractivity contribution in [2.45, 2.75) is 6.04 Å². The van der Waals surface area contributed by atoms with Crippen LogP contribution >= 0.6 is 23.7 Å². The molecule has 6 nitrogen and oxygen atoms in total. The zero-order valence-corrected chi connectivity index (χ0v) is 16.6. The van der Waals surface area contributed by atoms with Crippen molar-refractivity contribution in [1.82, 2.24) is 24.8 Å². The molecule has 4 rings (SSSR count). The fraction of sp³-hybridized carbons (Fsp3) is 0.278. The second-order valence-corrected chi connectivity index (χ2v) is 7.11. The van der Waals surface area contributed by atoms with Gasteiger partial charge in [0.2, 0.25) is 0 Å². The number of carbonyl (C=O) groups is 1. The molecule has 0 spiro atoms. The van der Waals surface area contributed by atoms with E-state index >= 15 is 0 Å². The van der Waals surface area contributed by atoms with E-state index in [0.29, 0.717) is 19.6 Å². The highest BCUT2D eigenvalue weighted by Gasteiger charge is 2.32. The van der Waals surface area contributed by atoms with Crippen molar-refractivity contribution in [2.24, 2.45) is 7.05 Å². The van der Waals surface area contributed by atoms with Crippen LogP contribution in [0.25, 0.3) is 10.6 Å². The first-order chi connectivity index (χ1) is 13.1. The van der Waals surface area contributed by atoms with Gasteiger partial charge in [-0.1, -0.05) is 6.07 Å². The van der Waals surface area contributed by atoms with Crippen molar-refractivity contribution in [2.75, 3.05) is 19.6 Å². The highest BCUT2D eigenvalue weighted by Crippen LogP contribution is 2.30. The maximum absolute atomic E-state index is 14.0. The van der Waals surface area contributed by atoms with Gasteiger partial charge < -0.3 is 14.8 Å². The molecule has 0 aliphatic carbocycles. The van der Waals surface area contributed by atoms with E-state index in [2.05, 4.69) is 15.3 Å². The maximum atomic E-state index is 14.0. The molecule has 2 aromatic heterocycles. The minimum absolute atomic E-state index is 0. The molecule has 3 heterocycles. The van der Waals surface area contributed by atoms with Gasteiger partial charge in [0.1, 0.15) is 34.2 Å². The van der Waals surface area contributed by atoms with E-state index in [4.69, 9.17) is 0 Å². The predicted molar refractivity (Wildman–Crippen MR) is 105 cm³/mol. The van der Waals surface area contributed by atoms with Gasteiger partial charge in [0.15, 0.2) is 0 Å². The molecule has 3 aromatic rings. The number of benzene rings is 1. The molecule has 1 aliphatic heterocycles. The van der Waals surface area contributed by atoms with E-state index in [0.717, 1.165) is 17.2 Å². The molecule has 1 fully saturated rings. The summed E-state index contributed by atoms with van der Waals surface area (Å²) in [4.78, 5) is 23.3. The molecule has 0 bridgehead atoms. The van der Waals surface area contributed by atoms with Crippen LogP contribution < -0.4 is 5.32 Å². The molecule has 148 valence electrons. The molecule has 28 heavy (non-hydrogen) atoms. The van der Waals surface area contributed by atoms with Crippen LogP contribution in [0.1, 0.15) is 22.4 Å². The maximum Gasteiger partial charge on any atom is 0.274 e. The van der Waals surface area contributed by atoms with Gasteiger partial charge in [0.25, 0.3) is 5.91 Å². The standard InChI is InChI=1S/C18H17F2N5OS.ClH/c1-24-7-6-22-16(24)14-9-21-5-8-25(14)18(26)13-10-27-17(23-13)15-11(19)3-2-4-12(15)20;/h2-4,6-7,10,14,21H,5,8-9H2,1H3;1H. The Balaban J connectivity index is 0.00000225. The van der Waals surface area contributed by atoms with Crippen molar-refractivity contribution >= 4 is 29.7 Å². The molecule has 1 aromatic carbocycles. The summed E-state index contributed by atoms with van der Waals surface area (Å²) in [6.07, 6.45) is 3.52. The van der Waals surface area contributed by atoms with Gasteiger partial charge in [-0.05, 0) is 12.1 Å². The first-order valence-electron chi connectivity index (χ1n) is 8.45. The summed E-state index contributed by atoms with van der Waals surface area (Å²) in [6, 6.07) is 3.41. The van der Waals surface area contributed by atoms with Crippen molar-refractivity contribution in [3.05, 3.63) is 59.1 Å². The molecule has 1 aliphatic rings. The highest BCUT2D eigenvalue weighted by molar-refractivity contribution is 7.13. The number of nitrogens with one attached hydrogen (secondary N) is 1. The quantitative estimate of drug-likeness (QED) is 0.700. The molecule has 1 N–H and O–H groups in total. The summed E-state index contributed by atoms with van der Waals surface area (Å²) >= 11 is 1.05. The zero-order valence-electron chi connectivity index (χ0n) is 14.9. The number of carbonyl (C=O) groups excluding carboxylic acids is 1. The highest BCUT2D eigenvalue weighted by atomic mass is 35.5. The number of hydrogen-bond acceptors (Lipinski definition) is 5. The van der Waals surface area contributed by atoms with Gasteiger partial charge in [0.05, 0.1) is 5.56 Å². The summed E-state index contributed by atoms with van der Waals surface area (Å²) in [5.41, 5.74) is -0.0266. The Morgan fingerprint density at radius 3 is 2.75 bits per heavy atom. The Labute approximate surface area is 170 Å². The fourth-order valence-corrected chi connectivity index (χ4v) is 4.05. The number of amides is 1. The lowest BCUT2D eigenvalue weighted by Gasteiger charge is -2.35. The Hall–Kier alpha value is -2.36. The Morgan fingerprint density at radius 1 is 1.32 bits per heavy atom. The molecular formula is C18H18ClF2N5OS. The Kier molecular flexibility index (Phi) is 6.07. The van der Waals surface area contributed by atoms with Crippen LogP contribution in [-0.2, 0) is 7.05 Å². The molecule has 0 saturated carbocycles. The Bertz CT molecular complexity index is 972. The molecular weight excluding hydrogens is 408 g/mol. The van der Waals surface area contributed by atoms with Crippen LogP contribution in [0.5, 0.6) is 0 Å². The second kappa shape index (κ2) is 8.34. The van der Waals surface area contributed by atoms with Crippen LogP contribution in [0.2, 0.25) is 0 Å². The van der Waals surface area contributed by atoms with Gasteiger partial charge in [-0.15, -0.1) is 23.7 Å². The second-order valence-electron chi connectivity index (χ2n) is 6.25. The summed E-state index contributed by atoms with van der Waals surface area (Å²) in [6.45, 7) is 1.73. The minimum Gasteiger partial charge on any atom is -0.336 e. The molecule has 1 amide bonds. The smallest absolute Gasteiger partial charge is 0.274 e. The summed E-state index contributed by atoms with van der Waals surface area (Å²) in [5.74, 6) is -0.900. The van der Waals surface area contributed by atoms with Gasteiger partial charge in [-0.3, -0.25) is 4.79 Å². The van der Waals surface area contributed by atoms with Crippen LogP contribution in [0.15, 0.2) is 36.0 Å². The van der Waals surface area contributed by atoms with Crippen LogP contribution in [0, 0.1) is 11.6 Å². The monoisotopic (exact) mass is 425 g/mol. The van der Waals surface area contributed by atoms with Crippen LogP contribution in [-0.4, -0.2) is 45.0 Å². The van der Waals surface area contributed by atoms with Crippen molar-refractivity contribution < 1.29 is 13.6 Å². The third-order valence-corrected chi connectivity index (χ3v) is 5.42. The van der Waals surface area contributed by atoms with E-state index < -0.39 is 11.6 Å². The van der Waals surface area contributed by atoms with Gasteiger partial charge in [-0.2, -0.15) is 0 Å². The number of rotatable bonds is 3. The lowest BCUT2D eigenvalue weighted by Crippen LogP contribution is -2.49. The Morgan fingerprint density at radius 2 is 2.07 bits per heavy atom.